The molecule has 0 saturated carbocycles. The molecule has 1 atom stereocenters. The van der Waals surface area contributed by atoms with Crippen molar-refractivity contribution in [2.75, 3.05) is 20.6 Å². The molecule has 122 valence electrons. The Kier molecular flexibility index (Phi) is 5.15. The van der Waals surface area contributed by atoms with E-state index in [-0.39, 0.29) is 11.9 Å². The van der Waals surface area contributed by atoms with Crippen LogP contribution in [0.1, 0.15) is 37.1 Å². The molecule has 1 N–H and O–H groups in total. The molecular weight excluding hydrogens is 304 g/mol. The normalized spacial score (nSPS) is 19.5. The summed E-state index contributed by atoms with van der Waals surface area (Å²) in [5.41, 5.74) is 1.63. The van der Waals surface area contributed by atoms with E-state index in [1.807, 2.05) is 12.1 Å². The van der Waals surface area contributed by atoms with Crippen LogP contribution in [-0.4, -0.2) is 48.6 Å². The molecule has 8 heteroatoms. The van der Waals surface area contributed by atoms with Crippen molar-refractivity contribution in [2.45, 2.75) is 32.4 Å². The van der Waals surface area contributed by atoms with Crippen molar-refractivity contribution in [1.82, 2.24) is 18.9 Å². The fourth-order valence-electron chi connectivity index (χ4n) is 2.49. The summed E-state index contributed by atoms with van der Waals surface area (Å²) in [6.45, 7) is 2.40. The van der Waals surface area contributed by atoms with Gasteiger partial charge in [-0.2, -0.15) is 17.0 Å². The van der Waals surface area contributed by atoms with Gasteiger partial charge >= 0.3 is 0 Å². The van der Waals surface area contributed by atoms with E-state index in [0.29, 0.717) is 13.1 Å². The van der Waals surface area contributed by atoms with Gasteiger partial charge in [-0.15, -0.1) is 0 Å². The molecule has 0 spiro atoms. The lowest BCUT2D eigenvalue weighted by Gasteiger charge is -2.26. The van der Waals surface area contributed by atoms with Crippen LogP contribution in [0.3, 0.4) is 0 Å². The van der Waals surface area contributed by atoms with Crippen LogP contribution in [0.4, 0.5) is 0 Å². The summed E-state index contributed by atoms with van der Waals surface area (Å²) in [4.78, 5) is 15.3. The van der Waals surface area contributed by atoms with Crippen LogP contribution in [0.25, 0.3) is 0 Å². The molecule has 0 radical (unpaired) electrons. The highest BCUT2D eigenvalue weighted by Gasteiger charge is 2.37. The van der Waals surface area contributed by atoms with E-state index in [1.54, 1.807) is 6.20 Å². The van der Waals surface area contributed by atoms with Gasteiger partial charge in [-0.3, -0.25) is 9.78 Å². The molecule has 0 aromatic carbocycles. The summed E-state index contributed by atoms with van der Waals surface area (Å²) in [6.07, 6.45) is 3.28. The highest BCUT2D eigenvalue weighted by atomic mass is 32.2. The summed E-state index contributed by atoms with van der Waals surface area (Å²) in [7, 11) is -0.363. The molecule has 2 rings (SSSR count). The summed E-state index contributed by atoms with van der Waals surface area (Å²) >= 11 is 0. The van der Waals surface area contributed by atoms with Gasteiger partial charge in [0.1, 0.15) is 0 Å². The number of pyridine rings is 1. The maximum absolute atomic E-state index is 12.3. The van der Waals surface area contributed by atoms with Gasteiger partial charge in [-0.1, -0.05) is 6.07 Å². The number of carbonyl (C=O) groups excluding carboxylic acids is 1. The number of nitrogens with zero attached hydrogens (tertiary/aromatic N) is 3. The molecule has 0 unspecified atom stereocenters. The zero-order chi connectivity index (χ0) is 16.3. The smallest absolute Gasteiger partial charge is 0.282 e. The molecule has 1 aliphatic rings. The molecule has 1 aromatic heterocycles. The Morgan fingerprint density at radius 2 is 2.18 bits per heavy atom. The van der Waals surface area contributed by atoms with Crippen molar-refractivity contribution in [2.24, 2.45) is 0 Å². The zero-order valence-corrected chi connectivity index (χ0v) is 13.9. The molecule has 1 fully saturated rings. The largest absolute Gasteiger partial charge is 0.352 e. The fraction of sp³-hybridized carbons (Fsp3) is 0.571. The van der Waals surface area contributed by atoms with E-state index in [4.69, 9.17) is 0 Å². The lowest BCUT2D eigenvalue weighted by Crippen LogP contribution is -2.39. The first-order valence-electron chi connectivity index (χ1n) is 7.21. The summed E-state index contributed by atoms with van der Waals surface area (Å²) in [5, 5.41) is 2.71. The monoisotopic (exact) mass is 326 g/mol. The lowest BCUT2D eigenvalue weighted by atomic mass is 10.1. The van der Waals surface area contributed by atoms with Crippen molar-refractivity contribution < 1.29 is 13.2 Å². The number of hydrogen-bond donors (Lipinski definition) is 1. The first kappa shape index (κ1) is 16.9. The second-order valence-corrected chi connectivity index (χ2v) is 7.65. The van der Waals surface area contributed by atoms with Crippen molar-refractivity contribution in [1.29, 1.82) is 0 Å². The molecule has 0 bridgehead atoms. The van der Waals surface area contributed by atoms with Crippen molar-refractivity contribution in [3.8, 4) is 0 Å². The van der Waals surface area contributed by atoms with E-state index >= 15 is 0 Å². The van der Waals surface area contributed by atoms with Crippen LogP contribution in [0, 0.1) is 0 Å². The Morgan fingerprint density at radius 3 is 2.73 bits per heavy atom. The lowest BCUT2D eigenvalue weighted by molar-refractivity contribution is -0.119. The highest BCUT2D eigenvalue weighted by Crippen LogP contribution is 2.33. The number of carbonyl (C=O) groups is 1. The quantitative estimate of drug-likeness (QED) is 0.862. The summed E-state index contributed by atoms with van der Waals surface area (Å²) in [6, 6.07) is 3.49. The number of aromatic nitrogens is 1. The minimum absolute atomic E-state index is 0.0943. The van der Waals surface area contributed by atoms with Crippen LogP contribution in [0.2, 0.25) is 0 Å². The first-order valence-corrected chi connectivity index (χ1v) is 8.60. The SMILES string of the molecule is CC(=O)NCc1ccc([C@@H]2CCCN2S(=O)(=O)N(C)C)nc1. The Hall–Kier alpha value is -1.51. The van der Waals surface area contributed by atoms with Gasteiger partial charge in [0, 0.05) is 40.3 Å². The second-order valence-electron chi connectivity index (χ2n) is 5.56. The Balaban J connectivity index is 2.15. The Morgan fingerprint density at radius 1 is 1.45 bits per heavy atom. The van der Waals surface area contributed by atoms with Gasteiger partial charge in [0.2, 0.25) is 5.91 Å². The molecule has 1 amide bonds. The van der Waals surface area contributed by atoms with Gasteiger partial charge < -0.3 is 5.32 Å². The number of hydrogen-bond acceptors (Lipinski definition) is 4. The molecule has 7 nitrogen and oxygen atoms in total. The molecule has 0 aliphatic carbocycles. The fourth-order valence-corrected chi connectivity index (χ4v) is 3.80. The molecule has 22 heavy (non-hydrogen) atoms. The van der Waals surface area contributed by atoms with Gasteiger partial charge in [0.15, 0.2) is 0 Å². The van der Waals surface area contributed by atoms with E-state index in [1.165, 1.54) is 29.6 Å². The van der Waals surface area contributed by atoms with E-state index < -0.39 is 10.2 Å². The third kappa shape index (κ3) is 3.63. The van der Waals surface area contributed by atoms with Crippen molar-refractivity contribution in [3.05, 3.63) is 29.6 Å². The predicted molar refractivity (Wildman–Crippen MR) is 83.0 cm³/mol. The average Bonchev–Trinajstić information content (AvgIpc) is 2.95. The standard InChI is InChI=1S/C14H22N4O3S/c1-11(19)15-9-12-6-7-13(16-10-12)14-5-4-8-18(14)22(20,21)17(2)3/h6-7,10,14H,4-5,8-9H2,1-3H3,(H,15,19)/t14-/m0/s1. The Bertz CT molecular complexity index is 628. The van der Waals surface area contributed by atoms with Crippen LogP contribution in [0.5, 0.6) is 0 Å². The third-order valence-electron chi connectivity index (χ3n) is 3.69. The molecule has 2 heterocycles. The third-order valence-corrected chi connectivity index (χ3v) is 5.64. The molecule has 1 aromatic rings. The minimum Gasteiger partial charge on any atom is -0.352 e. The maximum atomic E-state index is 12.3. The zero-order valence-electron chi connectivity index (χ0n) is 13.1. The molecule has 1 saturated heterocycles. The minimum atomic E-state index is -3.44. The van der Waals surface area contributed by atoms with Gasteiger partial charge in [0.25, 0.3) is 10.2 Å². The highest BCUT2D eigenvalue weighted by molar-refractivity contribution is 7.86. The van der Waals surface area contributed by atoms with Crippen molar-refractivity contribution >= 4 is 16.1 Å². The summed E-state index contributed by atoms with van der Waals surface area (Å²) in [5.74, 6) is -0.0943. The second kappa shape index (κ2) is 6.72. The van der Waals surface area contributed by atoms with Crippen molar-refractivity contribution in [3.63, 3.8) is 0 Å². The van der Waals surface area contributed by atoms with Gasteiger partial charge in [0.05, 0.1) is 11.7 Å². The number of amides is 1. The van der Waals surface area contributed by atoms with Crippen LogP contribution in [-0.2, 0) is 21.5 Å². The Labute approximate surface area is 131 Å². The topological polar surface area (TPSA) is 82.6 Å². The molecular formula is C14H22N4O3S. The molecule has 1 aliphatic heterocycles. The first-order chi connectivity index (χ1) is 10.3. The van der Waals surface area contributed by atoms with Crippen LogP contribution < -0.4 is 5.32 Å². The van der Waals surface area contributed by atoms with Gasteiger partial charge in [-0.05, 0) is 24.5 Å². The predicted octanol–water partition coefficient (Wildman–Crippen LogP) is 0.661. The van der Waals surface area contributed by atoms with Gasteiger partial charge in [-0.25, -0.2) is 0 Å². The maximum Gasteiger partial charge on any atom is 0.282 e. The van der Waals surface area contributed by atoms with Crippen LogP contribution in [0.15, 0.2) is 18.3 Å². The van der Waals surface area contributed by atoms with E-state index in [2.05, 4.69) is 10.3 Å². The van der Waals surface area contributed by atoms with E-state index in [0.717, 1.165) is 24.1 Å². The van der Waals surface area contributed by atoms with E-state index in [9.17, 15) is 13.2 Å². The average molecular weight is 326 g/mol. The van der Waals surface area contributed by atoms with Crippen LogP contribution >= 0.6 is 0 Å². The number of rotatable bonds is 5. The number of nitrogens with one attached hydrogen (secondary N) is 1. The summed E-state index contributed by atoms with van der Waals surface area (Å²) < 4.78 is 27.4.